The van der Waals surface area contributed by atoms with Crippen LogP contribution in [0.15, 0.2) is 41.3 Å². The van der Waals surface area contributed by atoms with Crippen molar-refractivity contribution in [3.63, 3.8) is 0 Å². The Morgan fingerprint density at radius 2 is 2.28 bits per heavy atom. The molecule has 1 aromatic heterocycles. The molecule has 0 bridgehead atoms. The topological polar surface area (TPSA) is 67.4 Å². The van der Waals surface area contributed by atoms with Crippen LogP contribution in [0.25, 0.3) is 0 Å². The SMILES string of the molecule is C=CCNc1nnc(SCC(=O)N(C)CCOc2ccccc2F)s1. The molecule has 6 nitrogen and oxygen atoms in total. The zero-order valence-electron chi connectivity index (χ0n) is 13.8. The number of amides is 1. The number of benzene rings is 1. The summed E-state index contributed by atoms with van der Waals surface area (Å²) in [6, 6.07) is 6.19. The van der Waals surface area contributed by atoms with Crippen LogP contribution in [-0.2, 0) is 4.79 Å². The number of hydrogen-bond donors (Lipinski definition) is 1. The average Bonchev–Trinajstić information content (AvgIpc) is 3.07. The van der Waals surface area contributed by atoms with Gasteiger partial charge in [0.2, 0.25) is 11.0 Å². The van der Waals surface area contributed by atoms with Crippen LogP contribution in [-0.4, -0.2) is 53.5 Å². The summed E-state index contributed by atoms with van der Waals surface area (Å²) in [4.78, 5) is 13.7. The highest BCUT2D eigenvalue weighted by Crippen LogP contribution is 2.25. The first kappa shape index (κ1) is 19.2. The molecule has 0 aliphatic carbocycles. The highest BCUT2D eigenvalue weighted by molar-refractivity contribution is 8.01. The van der Waals surface area contributed by atoms with Crippen molar-refractivity contribution >= 4 is 34.1 Å². The van der Waals surface area contributed by atoms with E-state index in [0.29, 0.717) is 18.2 Å². The first-order chi connectivity index (χ1) is 12.1. The normalized spacial score (nSPS) is 10.3. The van der Waals surface area contributed by atoms with Crippen molar-refractivity contribution in [2.24, 2.45) is 0 Å². The standard InChI is InChI=1S/C16H19FN4O2S2/c1-3-8-18-15-19-20-16(25-15)24-11-14(22)21(2)9-10-23-13-7-5-4-6-12(13)17/h3-7H,1,8-11H2,2H3,(H,18,19). The minimum Gasteiger partial charge on any atom is -0.489 e. The molecule has 0 fully saturated rings. The van der Waals surface area contributed by atoms with Crippen LogP contribution in [0.5, 0.6) is 5.75 Å². The fraction of sp³-hybridized carbons (Fsp3) is 0.312. The van der Waals surface area contributed by atoms with Crippen LogP contribution < -0.4 is 10.1 Å². The third-order valence-corrected chi connectivity index (χ3v) is 5.07. The van der Waals surface area contributed by atoms with Crippen molar-refractivity contribution < 1.29 is 13.9 Å². The largest absolute Gasteiger partial charge is 0.489 e. The van der Waals surface area contributed by atoms with Gasteiger partial charge in [-0.2, -0.15) is 0 Å². The Morgan fingerprint density at radius 1 is 1.48 bits per heavy atom. The van der Waals surface area contributed by atoms with Crippen LogP contribution in [0, 0.1) is 5.82 Å². The number of nitrogens with one attached hydrogen (secondary N) is 1. The maximum absolute atomic E-state index is 13.4. The lowest BCUT2D eigenvalue weighted by atomic mass is 10.3. The molecule has 1 amide bonds. The van der Waals surface area contributed by atoms with Crippen molar-refractivity contribution in [1.82, 2.24) is 15.1 Å². The van der Waals surface area contributed by atoms with Gasteiger partial charge in [-0.25, -0.2) is 4.39 Å². The molecule has 1 N–H and O–H groups in total. The van der Waals surface area contributed by atoms with Gasteiger partial charge < -0.3 is 15.0 Å². The fourth-order valence-electron chi connectivity index (χ4n) is 1.71. The van der Waals surface area contributed by atoms with Crippen molar-refractivity contribution in [3.05, 3.63) is 42.7 Å². The summed E-state index contributed by atoms with van der Waals surface area (Å²) in [5, 5.41) is 11.7. The number of rotatable bonds is 10. The lowest BCUT2D eigenvalue weighted by Gasteiger charge is -2.17. The quantitative estimate of drug-likeness (QED) is 0.503. The summed E-state index contributed by atoms with van der Waals surface area (Å²) in [6.07, 6.45) is 1.73. The lowest BCUT2D eigenvalue weighted by Crippen LogP contribution is -2.32. The Balaban J connectivity index is 1.70. The predicted molar refractivity (Wildman–Crippen MR) is 98.9 cm³/mol. The van der Waals surface area contributed by atoms with E-state index >= 15 is 0 Å². The zero-order valence-corrected chi connectivity index (χ0v) is 15.4. The smallest absolute Gasteiger partial charge is 0.232 e. The van der Waals surface area contributed by atoms with Crippen molar-refractivity contribution in [1.29, 1.82) is 0 Å². The molecule has 1 aromatic carbocycles. The molecule has 0 saturated heterocycles. The van der Waals surface area contributed by atoms with E-state index in [1.54, 1.807) is 36.2 Å². The second-order valence-electron chi connectivity index (χ2n) is 4.93. The van der Waals surface area contributed by atoms with Gasteiger partial charge in [0.05, 0.1) is 12.3 Å². The van der Waals surface area contributed by atoms with E-state index in [-0.39, 0.29) is 24.0 Å². The number of likely N-dealkylation sites (N-methyl/N-ethyl adjacent to an activating group) is 1. The number of nitrogens with zero attached hydrogens (tertiary/aromatic N) is 3. The number of halogens is 1. The number of hydrogen-bond acceptors (Lipinski definition) is 7. The minimum absolute atomic E-state index is 0.0575. The third-order valence-electron chi connectivity index (χ3n) is 3.07. The van der Waals surface area contributed by atoms with E-state index in [1.165, 1.54) is 29.2 Å². The first-order valence-corrected chi connectivity index (χ1v) is 9.32. The molecule has 2 rings (SSSR count). The molecule has 25 heavy (non-hydrogen) atoms. The number of anilines is 1. The number of thioether (sulfide) groups is 1. The number of aromatic nitrogens is 2. The minimum atomic E-state index is -0.413. The monoisotopic (exact) mass is 382 g/mol. The molecule has 9 heteroatoms. The number of ether oxygens (including phenoxy) is 1. The molecular weight excluding hydrogens is 363 g/mol. The van der Waals surface area contributed by atoms with Crippen molar-refractivity contribution in [3.8, 4) is 5.75 Å². The highest BCUT2D eigenvalue weighted by atomic mass is 32.2. The van der Waals surface area contributed by atoms with E-state index < -0.39 is 5.82 Å². The summed E-state index contributed by atoms with van der Waals surface area (Å²) in [7, 11) is 1.69. The Morgan fingerprint density at radius 3 is 3.04 bits per heavy atom. The van der Waals surface area contributed by atoms with Crippen molar-refractivity contribution in [2.75, 3.05) is 37.8 Å². The van der Waals surface area contributed by atoms with E-state index in [2.05, 4.69) is 22.1 Å². The molecule has 0 aliphatic rings. The first-order valence-electron chi connectivity index (χ1n) is 7.52. The van der Waals surface area contributed by atoms with Crippen LogP contribution >= 0.6 is 23.1 Å². The molecular formula is C16H19FN4O2S2. The molecule has 0 unspecified atom stereocenters. The molecule has 0 saturated carbocycles. The lowest BCUT2D eigenvalue weighted by molar-refractivity contribution is -0.127. The maximum Gasteiger partial charge on any atom is 0.232 e. The van der Waals surface area contributed by atoms with Crippen LogP contribution in [0.2, 0.25) is 0 Å². The Kier molecular flexibility index (Phi) is 7.68. The van der Waals surface area contributed by atoms with Gasteiger partial charge in [0, 0.05) is 13.6 Å². The van der Waals surface area contributed by atoms with Gasteiger partial charge in [-0.3, -0.25) is 4.79 Å². The number of carbonyl (C=O) groups is 1. The summed E-state index contributed by atoms with van der Waals surface area (Å²) < 4.78 is 19.5. The van der Waals surface area contributed by atoms with Gasteiger partial charge in [0.25, 0.3) is 0 Å². The van der Waals surface area contributed by atoms with Gasteiger partial charge >= 0.3 is 0 Å². The maximum atomic E-state index is 13.4. The summed E-state index contributed by atoms with van der Waals surface area (Å²) in [5.41, 5.74) is 0. The van der Waals surface area contributed by atoms with E-state index in [0.717, 1.165) is 4.34 Å². The zero-order chi connectivity index (χ0) is 18.1. The molecule has 0 aliphatic heterocycles. The highest BCUT2D eigenvalue weighted by Gasteiger charge is 2.12. The molecule has 2 aromatic rings. The average molecular weight is 382 g/mol. The Hall–Kier alpha value is -2.13. The second kappa shape index (κ2) is 10.00. The molecule has 0 radical (unpaired) electrons. The van der Waals surface area contributed by atoms with Gasteiger partial charge in [-0.05, 0) is 12.1 Å². The number of carbonyl (C=O) groups excluding carboxylic acids is 1. The van der Waals surface area contributed by atoms with Crippen molar-refractivity contribution in [2.45, 2.75) is 4.34 Å². The summed E-state index contributed by atoms with van der Waals surface area (Å²) >= 11 is 2.72. The number of para-hydroxylation sites is 1. The van der Waals surface area contributed by atoms with E-state index in [1.807, 2.05) is 0 Å². The van der Waals surface area contributed by atoms with Crippen LogP contribution in [0.4, 0.5) is 9.52 Å². The summed E-state index contributed by atoms with van der Waals surface area (Å²) in [5.74, 6) is -0.0278. The second-order valence-corrected chi connectivity index (χ2v) is 7.13. The Bertz CT molecular complexity index is 711. The van der Waals surface area contributed by atoms with Gasteiger partial charge in [-0.1, -0.05) is 41.3 Å². The van der Waals surface area contributed by atoms with Gasteiger partial charge in [-0.15, -0.1) is 16.8 Å². The van der Waals surface area contributed by atoms with E-state index in [4.69, 9.17) is 4.74 Å². The molecule has 134 valence electrons. The molecule has 0 atom stereocenters. The van der Waals surface area contributed by atoms with Gasteiger partial charge in [0.15, 0.2) is 15.9 Å². The molecule has 0 spiro atoms. The van der Waals surface area contributed by atoms with E-state index in [9.17, 15) is 9.18 Å². The predicted octanol–water partition coefficient (Wildman–Crippen LogP) is 2.90. The molecule has 1 heterocycles. The van der Waals surface area contributed by atoms with Crippen LogP contribution in [0.1, 0.15) is 0 Å². The summed E-state index contributed by atoms with van der Waals surface area (Å²) in [6.45, 7) is 4.83. The fourth-order valence-corrected chi connectivity index (χ4v) is 3.41. The van der Waals surface area contributed by atoms with Gasteiger partial charge in [0.1, 0.15) is 6.61 Å². The van der Waals surface area contributed by atoms with Crippen LogP contribution in [0.3, 0.4) is 0 Å². The Labute approximate surface area is 154 Å². The third kappa shape index (κ3) is 6.35.